The molecule has 114 valence electrons. The molecule has 0 bridgehead atoms. The summed E-state index contributed by atoms with van der Waals surface area (Å²) in [5, 5.41) is 9.79. The normalized spacial score (nSPS) is 24.4. The summed E-state index contributed by atoms with van der Waals surface area (Å²) in [5.41, 5.74) is 2.72. The Labute approximate surface area is 126 Å². The van der Waals surface area contributed by atoms with Crippen LogP contribution in [-0.2, 0) is 0 Å². The van der Waals surface area contributed by atoms with Crippen LogP contribution in [0.25, 0.3) is 0 Å². The number of nitrogens with one attached hydrogen (secondary N) is 3. The zero-order valence-corrected chi connectivity index (χ0v) is 12.7. The van der Waals surface area contributed by atoms with Crippen molar-refractivity contribution >= 4 is 17.3 Å². The zero-order valence-electron chi connectivity index (χ0n) is 12.7. The zero-order chi connectivity index (χ0) is 14.7. The minimum Gasteiger partial charge on any atom is -0.382 e. The molecule has 1 aliphatic carbocycles. The number of fused-ring (bicyclic) bond motifs is 1. The second-order valence-corrected chi connectivity index (χ2v) is 6.43. The van der Waals surface area contributed by atoms with E-state index in [4.69, 9.17) is 0 Å². The minimum absolute atomic E-state index is 0.0428. The van der Waals surface area contributed by atoms with Crippen LogP contribution >= 0.6 is 0 Å². The number of hydrogen-bond acceptors (Lipinski definition) is 3. The van der Waals surface area contributed by atoms with Crippen LogP contribution in [0.4, 0.5) is 11.4 Å². The highest BCUT2D eigenvalue weighted by atomic mass is 16.1. The van der Waals surface area contributed by atoms with Gasteiger partial charge in [-0.3, -0.25) is 4.79 Å². The van der Waals surface area contributed by atoms with Crippen molar-refractivity contribution in [2.75, 3.05) is 30.3 Å². The lowest BCUT2D eigenvalue weighted by molar-refractivity contribution is 0.0941. The molecule has 2 unspecified atom stereocenters. The first kappa shape index (κ1) is 14.2. The summed E-state index contributed by atoms with van der Waals surface area (Å²) >= 11 is 0. The highest BCUT2D eigenvalue weighted by molar-refractivity contribution is 6.02. The third kappa shape index (κ3) is 3.31. The van der Waals surface area contributed by atoms with E-state index in [0.29, 0.717) is 5.92 Å². The van der Waals surface area contributed by atoms with Crippen LogP contribution in [0.1, 0.15) is 43.0 Å². The molecule has 2 aliphatic rings. The van der Waals surface area contributed by atoms with E-state index in [-0.39, 0.29) is 5.91 Å². The average molecular weight is 287 g/mol. The lowest BCUT2D eigenvalue weighted by Crippen LogP contribution is -2.32. The molecule has 1 amide bonds. The van der Waals surface area contributed by atoms with Crippen molar-refractivity contribution in [3.63, 3.8) is 0 Å². The van der Waals surface area contributed by atoms with E-state index in [1.165, 1.54) is 25.7 Å². The lowest BCUT2D eigenvalue weighted by Gasteiger charge is -2.27. The molecule has 3 rings (SSSR count). The topological polar surface area (TPSA) is 53.2 Å². The Morgan fingerprint density at radius 1 is 1.29 bits per heavy atom. The van der Waals surface area contributed by atoms with Gasteiger partial charge in [0.1, 0.15) is 0 Å². The van der Waals surface area contributed by atoms with Crippen LogP contribution in [0, 0.1) is 11.8 Å². The van der Waals surface area contributed by atoms with Gasteiger partial charge in [-0.2, -0.15) is 0 Å². The van der Waals surface area contributed by atoms with Crippen molar-refractivity contribution in [3.05, 3.63) is 23.8 Å². The Morgan fingerprint density at radius 2 is 2.14 bits per heavy atom. The molecule has 1 fully saturated rings. The van der Waals surface area contributed by atoms with Gasteiger partial charge in [-0.05, 0) is 36.8 Å². The van der Waals surface area contributed by atoms with Gasteiger partial charge in [-0.25, -0.2) is 0 Å². The maximum Gasteiger partial charge on any atom is 0.253 e. The first-order chi connectivity index (χ1) is 10.2. The van der Waals surface area contributed by atoms with Gasteiger partial charge >= 0.3 is 0 Å². The van der Waals surface area contributed by atoms with Crippen LogP contribution in [0.15, 0.2) is 18.2 Å². The smallest absolute Gasteiger partial charge is 0.253 e. The molecule has 1 aliphatic heterocycles. The van der Waals surface area contributed by atoms with Gasteiger partial charge in [0.25, 0.3) is 5.91 Å². The van der Waals surface area contributed by atoms with Crippen LogP contribution in [0.3, 0.4) is 0 Å². The van der Waals surface area contributed by atoms with Gasteiger partial charge in [-0.1, -0.05) is 25.8 Å². The summed E-state index contributed by atoms with van der Waals surface area (Å²) in [5.74, 6) is 1.49. The second kappa shape index (κ2) is 6.37. The van der Waals surface area contributed by atoms with Crippen molar-refractivity contribution in [2.45, 2.75) is 32.6 Å². The van der Waals surface area contributed by atoms with E-state index in [1.54, 1.807) is 0 Å². The van der Waals surface area contributed by atoms with Crippen LogP contribution in [-0.4, -0.2) is 25.5 Å². The molecule has 2 atom stereocenters. The van der Waals surface area contributed by atoms with Gasteiger partial charge in [-0.15, -0.1) is 0 Å². The van der Waals surface area contributed by atoms with Crippen molar-refractivity contribution in [1.82, 2.24) is 5.32 Å². The molecule has 0 spiro atoms. The highest BCUT2D eigenvalue weighted by Crippen LogP contribution is 2.29. The lowest BCUT2D eigenvalue weighted by atomic mass is 9.82. The number of carbonyl (C=O) groups is 1. The molecule has 4 heteroatoms. The Balaban J connectivity index is 1.63. The molecule has 21 heavy (non-hydrogen) atoms. The maximum absolute atomic E-state index is 12.5. The number of amides is 1. The van der Waals surface area contributed by atoms with E-state index in [9.17, 15) is 4.79 Å². The number of rotatable bonds is 3. The summed E-state index contributed by atoms with van der Waals surface area (Å²) in [6.07, 6.45) is 5.13. The molecule has 1 saturated carbocycles. The summed E-state index contributed by atoms with van der Waals surface area (Å²) < 4.78 is 0. The van der Waals surface area contributed by atoms with E-state index in [0.717, 1.165) is 42.5 Å². The Hall–Kier alpha value is -1.71. The largest absolute Gasteiger partial charge is 0.382 e. The standard InChI is InChI=1S/C17H25N3O/c1-12-4-2-5-13(10-12)11-20-17(21)14-6-3-7-15-16(14)19-9-8-18-15/h3,6-7,12-13,18-19H,2,4-5,8-11H2,1H3,(H,20,21). The fourth-order valence-electron chi connectivity index (χ4n) is 3.54. The van der Waals surface area contributed by atoms with Crippen molar-refractivity contribution in [2.24, 2.45) is 11.8 Å². The van der Waals surface area contributed by atoms with Crippen LogP contribution in [0.2, 0.25) is 0 Å². The molecule has 0 radical (unpaired) electrons. The first-order valence-electron chi connectivity index (χ1n) is 8.13. The van der Waals surface area contributed by atoms with Gasteiger partial charge in [0.05, 0.1) is 16.9 Å². The van der Waals surface area contributed by atoms with Gasteiger partial charge < -0.3 is 16.0 Å². The SMILES string of the molecule is CC1CCCC(CNC(=O)c2cccc3c2NCCN3)C1. The summed E-state index contributed by atoms with van der Waals surface area (Å²) in [6, 6.07) is 5.86. The van der Waals surface area contributed by atoms with E-state index in [2.05, 4.69) is 22.9 Å². The third-order valence-corrected chi connectivity index (χ3v) is 4.65. The maximum atomic E-state index is 12.5. The predicted octanol–water partition coefficient (Wildman–Crippen LogP) is 3.08. The van der Waals surface area contributed by atoms with Gasteiger partial charge in [0.15, 0.2) is 0 Å². The molecule has 0 saturated heterocycles. The summed E-state index contributed by atoms with van der Waals surface area (Å²) in [7, 11) is 0. The number of carbonyl (C=O) groups excluding carboxylic acids is 1. The highest BCUT2D eigenvalue weighted by Gasteiger charge is 2.21. The number of anilines is 2. The van der Waals surface area contributed by atoms with Gasteiger partial charge in [0, 0.05) is 19.6 Å². The molecule has 1 heterocycles. The molecule has 0 aromatic heterocycles. The van der Waals surface area contributed by atoms with Crippen molar-refractivity contribution in [1.29, 1.82) is 0 Å². The summed E-state index contributed by atoms with van der Waals surface area (Å²) in [4.78, 5) is 12.5. The number of benzene rings is 1. The quantitative estimate of drug-likeness (QED) is 0.801. The van der Waals surface area contributed by atoms with Gasteiger partial charge in [0.2, 0.25) is 0 Å². The van der Waals surface area contributed by atoms with E-state index >= 15 is 0 Å². The molecule has 1 aromatic carbocycles. The Bertz CT molecular complexity index is 515. The number of para-hydroxylation sites is 1. The Kier molecular flexibility index (Phi) is 4.32. The molecular weight excluding hydrogens is 262 g/mol. The molecule has 4 nitrogen and oxygen atoms in total. The van der Waals surface area contributed by atoms with Crippen molar-refractivity contribution < 1.29 is 4.79 Å². The first-order valence-corrected chi connectivity index (χ1v) is 8.13. The van der Waals surface area contributed by atoms with Crippen LogP contribution in [0.5, 0.6) is 0 Å². The molecule has 1 aromatic rings. The Morgan fingerprint density at radius 3 is 3.00 bits per heavy atom. The molecular formula is C17H25N3O. The average Bonchev–Trinajstić information content (AvgIpc) is 2.52. The monoisotopic (exact) mass is 287 g/mol. The number of hydrogen-bond donors (Lipinski definition) is 3. The fourth-order valence-corrected chi connectivity index (χ4v) is 3.54. The van der Waals surface area contributed by atoms with Crippen LogP contribution < -0.4 is 16.0 Å². The summed E-state index contributed by atoms with van der Waals surface area (Å²) in [6.45, 7) is 4.88. The molecule has 3 N–H and O–H groups in total. The third-order valence-electron chi connectivity index (χ3n) is 4.65. The van der Waals surface area contributed by atoms with E-state index in [1.807, 2.05) is 18.2 Å². The van der Waals surface area contributed by atoms with E-state index < -0.39 is 0 Å². The predicted molar refractivity (Wildman–Crippen MR) is 86.9 cm³/mol. The fraction of sp³-hybridized carbons (Fsp3) is 0.588. The minimum atomic E-state index is 0.0428. The van der Waals surface area contributed by atoms with Crippen molar-refractivity contribution in [3.8, 4) is 0 Å². The second-order valence-electron chi connectivity index (χ2n) is 6.43.